The third-order valence-corrected chi connectivity index (χ3v) is 7.60. The van der Waals surface area contributed by atoms with Gasteiger partial charge in [0, 0.05) is 12.8 Å². The first-order valence-corrected chi connectivity index (χ1v) is 16.1. The van der Waals surface area contributed by atoms with Crippen LogP contribution in [0.25, 0.3) is 0 Å². The van der Waals surface area contributed by atoms with Crippen LogP contribution in [0.1, 0.15) is 148 Å². The number of hydrogen-bond donors (Lipinski definition) is 4. The van der Waals surface area contributed by atoms with Crippen molar-refractivity contribution in [2.45, 2.75) is 123 Å². The summed E-state index contributed by atoms with van der Waals surface area (Å²) in [7, 11) is 0. The Labute approximate surface area is 256 Å². The van der Waals surface area contributed by atoms with Crippen LogP contribution in [0.15, 0.2) is 36.4 Å². The molecule has 2 aromatic rings. The van der Waals surface area contributed by atoms with Gasteiger partial charge in [-0.05, 0) is 54.7 Å². The average Bonchev–Trinajstić information content (AvgIpc) is 2.97. The molecule has 0 aliphatic heterocycles. The van der Waals surface area contributed by atoms with Crippen molar-refractivity contribution >= 4 is 35.1 Å². The second kappa shape index (κ2) is 20.3. The van der Waals surface area contributed by atoms with Gasteiger partial charge < -0.3 is 20.8 Å². The number of carbonyl (C=O) groups excluding carboxylic acids is 2. The van der Waals surface area contributed by atoms with E-state index in [1.807, 2.05) is 0 Å². The highest BCUT2D eigenvalue weighted by Crippen LogP contribution is 2.24. The number of anilines is 2. The number of carboxylic acid groups (broad SMARTS) is 2. The van der Waals surface area contributed by atoms with Gasteiger partial charge >= 0.3 is 11.9 Å². The maximum atomic E-state index is 12.4. The molecule has 0 radical (unpaired) electrons. The zero-order chi connectivity index (χ0) is 31.5. The van der Waals surface area contributed by atoms with Crippen LogP contribution in [-0.2, 0) is 16.0 Å². The molecule has 0 spiro atoms. The molecule has 0 saturated heterocycles. The van der Waals surface area contributed by atoms with Crippen LogP contribution in [0, 0.1) is 0 Å². The van der Waals surface area contributed by atoms with E-state index in [0.29, 0.717) is 30.4 Å². The fourth-order valence-corrected chi connectivity index (χ4v) is 5.12. The molecule has 0 aliphatic carbocycles. The summed E-state index contributed by atoms with van der Waals surface area (Å²) in [5.74, 6) is -2.73. The predicted octanol–water partition coefficient (Wildman–Crippen LogP) is 8.83. The Morgan fingerprint density at radius 1 is 0.535 bits per heavy atom. The lowest BCUT2D eigenvalue weighted by Gasteiger charge is -2.13. The van der Waals surface area contributed by atoms with E-state index in [4.69, 9.17) is 0 Å². The highest BCUT2D eigenvalue weighted by molar-refractivity contribution is 6.01. The van der Waals surface area contributed by atoms with E-state index in [1.54, 1.807) is 24.3 Å². The summed E-state index contributed by atoms with van der Waals surface area (Å²) < 4.78 is 0. The van der Waals surface area contributed by atoms with Crippen molar-refractivity contribution in [2.75, 3.05) is 10.6 Å². The number of rotatable bonds is 22. The second-order valence-electron chi connectivity index (χ2n) is 11.4. The molecule has 2 amide bonds. The van der Waals surface area contributed by atoms with E-state index in [9.17, 15) is 29.4 Å². The Morgan fingerprint density at radius 2 is 0.884 bits per heavy atom. The number of carboxylic acids is 2. The summed E-state index contributed by atoms with van der Waals surface area (Å²) in [5.41, 5.74) is 1.78. The molecular weight excluding hydrogens is 544 g/mol. The highest BCUT2D eigenvalue weighted by Gasteiger charge is 2.16. The first-order chi connectivity index (χ1) is 20.7. The lowest BCUT2D eigenvalue weighted by molar-refractivity contribution is -0.117. The van der Waals surface area contributed by atoms with Gasteiger partial charge in [-0.15, -0.1) is 0 Å². The zero-order valence-corrected chi connectivity index (χ0v) is 26.0. The first-order valence-electron chi connectivity index (χ1n) is 16.1. The van der Waals surface area contributed by atoms with Crippen molar-refractivity contribution in [1.29, 1.82) is 0 Å². The molecule has 0 aromatic heterocycles. The molecule has 8 heteroatoms. The minimum Gasteiger partial charge on any atom is -0.478 e. The van der Waals surface area contributed by atoms with E-state index < -0.39 is 11.9 Å². The number of hydrogen-bond acceptors (Lipinski definition) is 4. The van der Waals surface area contributed by atoms with Gasteiger partial charge in [0.05, 0.1) is 22.5 Å². The monoisotopic (exact) mass is 594 g/mol. The molecule has 0 saturated carbocycles. The molecule has 0 unspecified atom stereocenters. The lowest BCUT2D eigenvalue weighted by atomic mass is 9.99. The molecule has 0 bridgehead atoms. The van der Waals surface area contributed by atoms with Crippen LogP contribution in [0.4, 0.5) is 11.4 Å². The van der Waals surface area contributed by atoms with Crippen molar-refractivity contribution in [3.8, 4) is 0 Å². The van der Waals surface area contributed by atoms with Crippen LogP contribution >= 0.6 is 0 Å². The Morgan fingerprint density at radius 3 is 1.23 bits per heavy atom. The van der Waals surface area contributed by atoms with Gasteiger partial charge in [0.15, 0.2) is 0 Å². The number of unbranched alkanes of at least 4 members (excludes halogenated alkanes) is 12. The minimum absolute atomic E-state index is 0.0156. The third kappa shape index (κ3) is 13.9. The number of amides is 2. The molecular formula is C35H50N2O6. The number of nitrogens with one attached hydrogen (secondary N) is 2. The summed E-state index contributed by atoms with van der Waals surface area (Å²) in [5, 5.41) is 25.0. The maximum Gasteiger partial charge on any atom is 0.337 e. The van der Waals surface area contributed by atoms with Crippen LogP contribution < -0.4 is 10.6 Å². The van der Waals surface area contributed by atoms with Crippen molar-refractivity contribution < 1.29 is 29.4 Å². The fourth-order valence-electron chi connectivity index (χ4n) is 5.12. The van der Waals surface area contributed by atoms with Gasteiger partial charge in [0.1, 0.15) is 0 Å². The van der Waals surface area contributed by atoms with Crippen LogP contribution in [0.5, 0.6) is 0 Å². The predicted molar refractivity (Wildman–Crippen MR) is 172 cm³/mol. The van der Waals surface area contributed by atoms with E-state index in [-0.39, 0.29) is 34.3 Å². The number of aromatic carboxylic acids is 2. The van der Waals surface area contributed by atoms with Gasteiger partial charge in [-0.2, -0.15) is 0 Å². The highest BCUT2D eigenvalue weighted by atomic mass is 16.4. The van der Waals surface area contributed by atoms with Crippen LogP contribution in [-0.4, -0.2) is 34.0 Å². The fraction of sp³-hybridized carbons (Fsp3) is 0.543. The molecule has 4 N–H and O–H groups in total. The van der Waals surface area contributed by atoms with Gasteiger partial charge in [-0.3, -0.25) is 9.59 Å². The SMILES string of the molecule is CCCCCCCCCC(=O)Nc1ccc(Cc2ccc(NC(=O)CCCCCCCCC)c(C(=O)O)c2)cc1C(=O)O. The molecule has 43 heavy (non-hydrogen) atoms. The normalized spacial score (nSPS) is 10.8. The van der Waals surface area contributed by atoms with Gasteiger partial charge in [-0.25, -0.2) is 9.59 Å². The van der Waals surface area contributed by atoms with E-state index in [0.717, 1.165) is 38.5 Å². The quantitative estimate of drug-likeness (QED) is 0.101. The molecule has 0 heterocycles. The number of carbonyl (C=O) groups is 4. The van der Waals surface area contributed by atoms with E-state index in [2.05, 4.69) is 24.5 Å². The smallest absolute Gasteiger partial charge is 0.337 e. The van der Waals surface area contributed by atoms with Gasteiger partial charge in [0.25, 0.3) is 0 Å². The summed E-state index contributed by atoms with van der Waals surface area (Å²) in [6.45, 7) is 4.35. The Hall–Kier alpha value is -3.68. The van der Waals surface area contributed by atoms with E-state index >= 15 is 0 Å². The summed E-state index contributed by atoms with van der Waals surface area (Å²) in [6.07, 6.45) is 16.3. The minimum atomic E-state index is -1.15. The Kier molecular flexibility index (Phi) is 16.7. The van der Waals surface area contributed by atoms with Crippen LogP contribution in [0.2, 0.25) is 0 Å². The van der Waals surface area contributed by atoms with Crippen molar-refractivity contribution in [3.63, 3.8) is 0 Å². The summed E-state index contributed by atoms with van der Waals surface area (Å²) in [6, 6.07) is 9.63. The largest absolute Gasteiger partial charge is 0.478 e. The molecule has 0 atom stereocenters. The van der Waals surface area contributed by atoms with Gasteiger partial charge in [0.2, 0.25) is 11.8 Å². The summed E-state index contributed by atoms with van der Waals surface area (Å²) in [4.78, 5) is 48.8. The zero-order valence-electron chi connectivity index (χ0n) is 26.0. The van der Waals surface area contributed by atoms with Crippen molar-refractivity contribution in [3.05, 3.63) is 58.7 Å². The van der Waals surface area contributed by atoms with Crippen molar-refractivity contribution in [1.82, 2.24) is 0 Å². The molecule has 8 nitrogen and oxygen atoms in total. The van der Waals surface area contributed by atoms with Crippen LogP contribution in [0.3, 0.4) is 0 Å². The Bertz CT molecular complexity index is 1100. The molecule has 0 fully saturated rings. The maximum absolute atomic E-state index is 12.4. The molecule has 2 rings (SSSR count). The first kappa shape index (κ1) is 35.5. The third-order valence-electron chi connectivity index (χ3n) is 7.60. The summed E-state index contributed by atoms with van der Waals surface area (Å²) >= 11 is 0. The topological polar surface area (TPSA) is 133 Å². The lowest BCUT2D eigenvalue weighted by Crippen LogP contribution is -2.15. The van der Waals surface area contributed by atoms with E-state index in [1.165, 1.54) is 63.5 Å². The Balaban J connectivity index is 1.96. The standard InChI is InChI=1S/C35H50N2O6/c1-3-5-7-9-11-13-15-17-32(38)36-30-21-19-26(24-28(30)34(40)41)23-27-20-22-31(29(25-27)35(42)43)37-33(39)18-16-14-12-10-8-6-4-2/h19-22,24-25H,3-18,23H2,1-2H3,(H,36,38)(H,37,39)(H,40,41)(H,42,43). The molecule has 236 valence electrons. The second-order valence-corrected chi connectivity index (χ2v) is 11.4. The number of benzene rings is 2. The molecule has 0 aliphatic rings. The van der Waals surface area contributed by atoms with Gasteiger partial charge in [-0.1, -0.05) is 103 Å². The molecule has 2 aromatic carbocycles. The van der Waals surface area contributed by atoms with Crippen molar-refractivity contribution in [2.24, 2.45) is 0 Å². The average molecular weight is 595 g/mol.